The van der Waals surface area contributed by atoms with Crippen LogP contribution in [0.25, 0.3) is 21.2 Å². The van der Waals surface area contributed by atoms with Gasteiger partial charge in [0.15, 0.2) is 0 Å². The number of nitrogens with one attached hydrogen (secondary N) is 3. The van der Waals surface area contributed by atoms with E-state index in [0.717, 1.165) is 43.6 Å². The summed E-state index contributed by atoms with van der Waals surface area (Å²) in [6, 6.07) is 17.9. The normalized spacial score (nSPS) is 16.4. The number of aromatic nitrogens is 1. The van der Waals surface area contributed by atoms with E-state index in [-0.39, 0.29) is 56.2 Å². The molecule has 1 saturated heterocycles. The molecule has 2 heterocycles. The van der Waals surface area contributed by atoms with Crippen LogP contribution in [-0.4, -0.2) is 87.6 Å². The highest BCUT2D eigenvalue weighted by molar-refractivity contribution is 7.13. The van der Waals surface area contributed by atoms with Crippen molar-refractivity contribution >= 4 is 51.7 Å². The Bertz CT molecular complexity index is 2190. The molecule has 3 aromatic carbocycles. The Kier molecular flexibility index (Phi) is 16.4. The molecule has 4 N–H and O–H groups in total. The van der Waals surface area contributed by atoms with E-state index >= 15 is 0 Å². The Morgan fingerprint density at radius 1 is 0.952 bits per heavy atom. The van der Waals surface area contributed by atoms with Crippen LogP contribution >= 0.6 is 11.3 Å². The second-order valence-corrected chi connectivity index (χ2v) is 19.2. The Balaban J connectivity index is 1.13. The number of rotatable bonds is 18. The van der Waals surface area contributed by atoms with Gasteiger partial charge in [-0.2, -0.15) is 0 Å². The number of hydrogen-bond donors (Lipinski definition) is 4. The number of Topliss-reactive ketones (excluding diaryl/α,β-unsaturated/α-hetero) is 1. The molecule has 1 aromatic heterocycles. The molecule has 4 aromatic rings. The first-order valence-corrected chi connectivity index (χ1v) is 22.3. The lowest BCUT2D eigenvalue weighted by Gasteiger charge is -2.35. The molecule has 14 heteroatoms. The van der Waals surface area contributed by atoms with Crippen molar-refractivity contribution in [2.24, 2.45) is 5.41 Å². The van der Waals surface area contributed by atoms with E-state index in [1.807, 2.05) is 87.8 Å². The number of carbonyl (C=O) groups excluding carboxylic acids is 5. The number of thiazole rings is 1. The smallest absolute Gasteiger partial charge is 0.407 e. The molecule has 0 spiro atoms. The number of fused-ring (bicyclic) bond motifs is 1. The van der Waals surface area contributed by atoms with Gasteiger partial charge in [-0.1, -0.05) is 75.4 Å². The van der Waals surface area contributed by atoms with Crippen LogP contribution in [0, 0.1) is 12.3 Å². The average molecular weight is 870 g/mol. The fraction of sp³-hybridized carbons (Fsp3) is 0.500. The van der Waals surface area contributed by atoms with Crippen molar-refractivity contribution < 1.29 is 38.6 Å². The average Bonchev–Trinajstić information content (AvgIpc) is 3.81. The first-order chi connectivity index (χ1) is 29.3. The molecule has 1 aliphatic heterocycles. The van der Waals surface area contributed by atoms with E-state index in [9.17, 15) is 29.1 Å². The lowest BCUT2D eigenvalue weighted by Crippen LogP contribution is -2.57. The van der Waals surface area contributed by atoms with Crippen LogP contribution in [0.4, 0.5) is 4.79 Å². The molecule has 0 bridgehead atoms. The van der Waals surface area contributed by atoms with Crippen LogP contribution in [0.5, 0.6) is 0 Å². The molecule has 0 radical (unpaired) electrons. The van der Waals surface area contributed by atoms with Crippen molar-refractivity contribution in [3.63, 3.8) is 0 Å². The van der Waals surface area contributed by atoms with E-state index in [1.54, 1.807) is 32.1 Å². The number of benzene rings is 3. The summed E-state index contributed by atoms with van der Waals surface area (Å²) >= 11 is 1.58. The standard InChI is InChI=1S/C48H63N5O8S/c1-30(54)15-21-37(51-46(59)61-48(6,7)8)28-60-27-33-18-22-39-34(11-9-13-36(39)23-33)12-10-14-41(56)52-43(47(3,4)5)45(58)53-26-38(55)24-40(53)44(57)49-25-32-16-19-35(20-17-32)42-31(2)50-29-62-42/h9,11,13,16-20,22-23,29,37-38,40,43,55H,10,12,14-15,21,24-28H2,1-8H3,(H,49,57)(H,51,59)(H,52,56)/t37-,38+,40-,43+/m0/s1. The molecule has 0 saturated carbocycles. The number of amides is 4. The zero-order chi connectivity index (χ0) is 45.2. The Morgan fingerprint density at radius 2 is 1.68 bits per heavy atom. The number of alkyl carbamates (subject to hydrolysis) is 1. The third-order valence-electron chi connectivity index (χ3n) is 10.7. The monoisotopic (exact) mass is 869 g/mol. The highest BCUT2D eigenvalue weighted by atomic mass is 32.1. The molecular weight excluding hydrogens is 807 g/mol. The SMILES string of the molecule is CC(=O)CC[C@@H](COCc1ccc2c(CCCC(=O)N[C@H](C(=O)N3C[C@H](O)C[C@H]3C(=O)NCc3ccc(-c4scnc4C)cc3)C(C)(C)C)cccc2c1)NC(=O)OC(C)(C)C. The number of carbonyl (C=O) groups is 5. The highest BCUT2D eigenvalue weighted by Crippen LogP contribution is 2.29. The predicted molar refractivity (Wildman–Crippen MR) is 241 cm³/mol. The minimum absolute atomic E-state index is 0.00410. The maximum atomic E-state index is 14.1. The van der Waals surface area contributed by atoms with Gasteiger partial charge in [0.25, 0.3) is 0 Å². The van der Waals surface area contributed by atoms with Crippen LogP contribution in [-0.2, 0) is 48.2 Å². The number of aliphatic hydroxyl groups is 1. The zero-order valence-electron chi connectivity index (χ0n) is 37.3. The van der Waals surface area contributed by atoms with Gasteiger partial charge >= 0.3 is 6.09 Å². The van der Waals surface area contributed by atoms with Crippen LogP contribution in [0.1, 0.15) is 103 Å². The lowest BCUT2D eigenvalue weighted by molar-refractivity contribution is -0.144. The molecule has 334 valence electrons. The summed E-state index contributed by atoms with van der Waals surface area (Å²) in [6.07, 6.45) is 0.831. The number of likely N-dealkylation sites (tertiary alicyclic amines) is 1. The summed E-state index contributed by atoms with van der Waals surface area (Å²) in [5.74, 6) is -0.984. The quantitative estimate of drug-likeness (QED) is 0.0807. The number of ether oxygens (including phenoxy) is 2. The van der Waals surface area contributed by atoms with Crippen LogP contribution in [0.15, 0.2) is 66.2 Å². The van der Waals surface area contributed by atoms with Gasteiger partial charge in [-0.15, -0.1) is 11.3 Å². The summed E-state index contributed by atoms with van der Waals surface area (Å²) < 4.78 is 11.4. The summed E-state index contributed by atoms with van der Waals surface area (Å²) in [5, 5.41) is 21.5. The Hall–Kier alpha value is -5.18. The zero-order valence-corrected chi connectivity index (χ0v) is 38.2. The van der Waals surface area contributed by atoms with Crippen molar-refractivity contribution in [3.05, 3.63) is 88.6 Å². The minimum atomic E-state index is -0.908. The molecule has 4 atom stereocenters. The summed E-state index contributed by atoms with van der Waals surface area (Å²) in [5.41, 5.74) is 5.46. The molecule has 0 aliphatic carbocycles. The summed E-state index contributed by atoms with van der Waals surface area (Å²) in [6.45, 7) is 15.3. The van der Waals surface area contributed by atoms with Gasteiger partial charge in [-0.3, -0.25) is 14.4 Å². The number of nitrogens with zero attached hydrogens (tertiary/aromatic N) is 2. The molecule has 5 rings (SSSR count). The van der Waals surface area contributed by atoms with Crippen molar-refractivity contribution in [3.8, 4) is 10.4 Å². The van der Waals surface area contributed by atoms with E-state index in [0.29, 0.717) is 32.3 Å². The van der Waals surface area contributed by atoms with Crippen LogP contribution in [0.2, 0.25) is 0 Å². The number of hydrogen-bond acceptors (Lipinski definition) is 10. The van der Waals surface area contributed by atoms with Gasteiger partial charge in [0.05, 0.1) is 41.4 Å². The largest absolute Gasteiger partial charge is 0.444 e. The molecule has 4 amide bonds. The van der Waals surface area contributed by atoms with Crippen LogP contribution in [0.3, 0.4) is 0 Å². The van der Waals surface area contributed by atoms with Crippen LogP contribution < -0.4 is 16.0 Å². The second kappa shape index (κ2) is 21.3. The number of ketones is 1. The topological polar surface area (TPSA) is 176 Å². The van der Waals surface area contributed by atoms with Gasteiger partial charge in [0.2, 0.25) is 17.7 Å². The minimum Gasteiger partial charge on any atom is -0.444 e. The molecular formula is C48H63N5O8S. The molecule has 13 nitrogen and oxygen atoms in total. The lowest BCUT2D eigenvalue weighted by atomic mass is 9.85. The number of aryl methyl sites for hydroxylation is 2. The van der Waals surface area contributed by atoms with Crippen molar-refractivity contribution in [2.45, 2.75) is 137 Å². The van der Waals surface area contributed by atoms with Crippen molar-refractivity contribution in [1.29, 1.82) is 0 Å². The summed E-state index contributed by atoms with van der Waals surface area (Å²) in [7, 11) is 0. The van der Waals surface area contributed by atoms with E-state index in [2.05, 4.69) is 27.0 Å². The van der Waals surface area contributed by atoms with Gasteiger partial charge < -0.3 is 40.2 Å². The number of aliphatic hydroxyl groups excluding tert-OH is 1. The molecule has 1 fully saturated rings. The van der Waals surface area contributed by atoms with E-state index < -0.39 is 41.2 Å². The predicted octanol–water partition coefficient (Wildman–Crippen LogP) is 7.18. The van der Waals surface area contributed by atoms with E-state index in [1.165, 1.54) is 11.8 Å². The fourth-order valence-electron chi connectivity index (χ4n) is 7.53. The van der Waals surface area contributed by atoms with Gasteiger partial charge in [0, 0.05) is 32.4 Å². The Morgan fingerprint density at radius 3 is 2.34 bits per heavy atom. The highest BCUT2D eigenvalue weighted by Gasteiger charge is 2.44. The maximum Gasteiger partial charge on any atom is 0.407 e. The maximum absolute atomic E-state index is 14.1. The van der Waals surface area contributed by atoms with Gasteiger partial charge in [0.1, 0.15) is 23.5 Å². The third kappa shape index (κ3) is 13.9. The van der Waals surface area contributed by atoms with Crippen molar-refractivity contribution in [2.75, 3.05) is 13.2 Å². The van der Waals surface area contributed by atoms with Gasteiger partial charge in [-0.05, 0) is 98.4 Å². The first-order valence-electron chi connectivity index (χ1n) is 21.4. The summed E-state index contributed by atoms with van der Waals surface area (Å²) in [4.78, 5) is 71.9. The van der Waals surface area contributed by atoms with Gasteiger partial charge in [-0.25, -0.2) is 9.78 Å². The third-order valence-corrected chi connectivity index (χ3v) is 11.7. The fourth-order valence-corrected chi connectivity index (χ4v) is 8.34. The first kappa shape index (κ1) is 47.9. The van der Waals surface area contributed by atoms with Crippen molar-refractivity contribution in [1.82, 2.24) is 25.8 Å². The Labute approximate surface area is 369 Å². The van der Waals surface area contributed by atoms with E-state index in [4.69, 9.17) is 9.47 Å². The second-order valence-electron chi connectivity index (χ2n) is 18.4. The molecule has 1 aliphatic rings. The molecule has 62 heavy (non-hydrogen) atoms. The number of β-amino-alcohol motifs (C(OH)–C–C–N with tert-alkyl or cyclic N) is 1. The molecule has 0 unspecified atom stereocenters.